The lowest BCUT2D eigenvalue weighted by atomic mass is 9.97. The van der Waals surface area contributed by atoms with Gasteiger partial charge in [-0.25, -0.2) is 4.39 Å². The van der Waals surface area contributed by atoms with E-state index >= 15 is 0 Å². The fourth-order valence-corrected chi connectivity index (χ4v) is 1.59. The minimum atomic E-state index is -1.42. The molecule has 4 heteroatoms. The van der Waals surface area contributed by atoms with Crippen molar-refractivity contribution < 1.29 is 13.9 Å². The van der Waals surface area contributed by atoms with E-state index in [1.807, 2.05) is 0 Å². The molecule has 0 bridgehead atoms. The quantitative estimate of drug-likeness (QED) is 0.835. The van der Waals surface area contributed by atoms with Crippen LogP contribution in [0, 0.1) is 0 Å². The Morgan fingerprint density at radius 3 is 2.38 bits per heavy atom. The van der Waals surface area contributed by atoms with Gasteiger partial charge in [-0.3, -0.25) is 0 Å². The average Bonchev–Trinajstić information content (AvgIpc) is 2.28. The second-order valence-corrected chi connectivity index (χ2v) is 3.80. The number of hydrogen-bond donors (Lipinski definition) is 1. The van der Waals surface area contributed by atoms with E-state index < -0.39 is 5.67 Å². The summed E-state index contributed by atoms with van der Waals surface area (Å²) in [6.07, 6.45) is 0. The van der Waals surface area contributed by atoms with E-state index in [-0.39, 0.29) is 6.54 Å². The predicted molar refractivity (Wildman–Crippen MR) is 61.9 cm³/mol. The average molecular weight is 227 g/mol. The summed E-state index contributed by atoms with van der Waals surface area (Å²) in [4.78, 5) is 0. The Morgan fingerprint density at radius 2 is 1.88 bits per heavy atom. The molecule has 0 fully saturated rings. The number of ether oxygens (including phenoxy) is 2. The first-order valence-electron chi connectivity index (χ1n) is 5.11. The molecule has 0 saturated carbocycles. The molecule has 3 nitrogen and oxygen atoms in total. The van der Waals surface area contributed by atoms with Gasteiger partial charge in [0.2, 0.25) is 0 Å². The molecule has 0 aliphatic heterocycles. The zero-order valence-electron chi connectivity index (χ0n) is 10.1. The zero-order chi connectivity index (χ0) is 12.2. The molecule has 0 saturated heterocycles. The molecule has 1 aromatic rings. The van der Waals surface area contributed by atoms with E-state index in [9.17, 15) is 4.39 Å². The van der Waals surface area contributed by atoms with Crippen molar-refractivity contribution in [2.75, 3.05) is 27.8 Å². The highest BCUT2D eigenvalue weighted by molar-refractivity contribution is 5.44. The lowest BCUT2D eigenvalue weighted by Gasteiger charge is -2.21. The van der Waals surface area contributed by atoms with Crippen LogP contribution >= 0.6 is 0 Å². The van der Waals surface area contributed by atoms with E-state index in [0.29, 0.717) is 17.1 Å². The molecule has 1 unspecified atom stereocenters. The molecular weight excluding hydrogens is 209 g/mol. The number of benzene rings is 1. The molecule has 16 heavy (non-hydrogen) atoms. The molecule has 0 heterocycles. The van der Waals surface area contributed by atoms with Gasteiger partial charge in [-0.2, -0.15) is 0 Å². The molecule has 1 N–H and O–H groups in total. The molecule has 0 amide bonds. The van der Waals surface area contributed by atoms with Gasteiger partial charge in [0, 0.05) is 6.54 Å². The Balaban J connectivity index is 3.07. The standard InChI is InChI=1S/C12H18FNO2/c1-12(13,8-14-2)9-5-6-10(15-3)11(7-9)16-4/h5-7,14H,8H2,1-4H3. The van der Waals surface area contributed by atoms with Gasteiger partial charge < -0.3 is 14.8 Å². The van der Waals surface area contributed by atoms with E-state index in [0.717, 1.165) is 0 Å². The first-order valence-corrected chi connectivity index (χ1v) is 5.11. The highest BCUT2D eigenvalue weighted by Crippen LogP contribution is 2.33. The van der Waals surface area contributed by atoms with Gasteiger partial charge in [-0.15, -0.1) is 0 Å². The van der Waals surface area contributed by atoms with Gasteiger partial charge in [-0.1, -0.05) is 6.07 Å². The number of rotatable bonds is 5. The van der Waals surface area contributed by atoms with Crippen LogP contribution in [-0.4, -0.2) is 27.8 Å². The van der Waals surface area contributed by atoms with Gasteiger partial charge in [0.25, 0.3) is 0 Å². The van der Waals surface area contributed by atoms with Crippen LogP contribution in [0.2, 0.25) is 0 Å². The summed E-state index contributed by atoms with van der Waals surface area (Å²) in [7, 11) is 4.81. The fraction of sp³-hybridized carbons (Fsp3) is 0.500. The highest BCUT2D eigenvalue weighted by Gasteiger charge is 2.26. The third-order valence-electron chi connectivity index (χ3n) is 2.49. The molecular formula is C12H18FNO2. The first-order chi connectivity index (χ1) is 7.55. The summed E-state index contributed by atoms with van der Waals surface area (Å²) < 4.78 is 24.5. The van der Waals surface area contributed by atoms with Crippen molar-refractivity contribution in [3.63, 3.8) is 0 Å². The molecule has 0 spiro atoms. The van der Waals surface area contributed by atoms with Gasteiger partial charge in [0.05, 0.1) is 14.2 Å². The summed E-state index contributed by atoms with van der Waals surface area (Å²) in [6.45, 7) is 1.78. The normalized spacial score (nSPS) is 14.3. The van der Waals surface area contributed by atoms with Crippen molar-refractivity contribution in [1.82, 2.24) is 5.32 Å². The van der Waals surface area contributed by atoms with Crippen molar-refractivity contribution in [3.8, 4) is 11.5 Å². The smallest absolute Gasteiger partial charge is 0.161 e. The van der Waals surface area contributed by atoms with Crippen LogP contribution in [0.15, 0.2) is 18.2 Å². The molecule has 0 aliphatic rings. The summed E-state index contributed by atoms with van der Waals surface area (Å²) in [5, 5.41) is 2.83. The number of alkyl halides is 1. The van der Waals surface area contributed by atoms with E-state index in [1.165, 1.54) is 14.0 Å². The maximum atomic E-state index is 14.2. The molecule has 0 aliphatic carbocycles. The molecule has 90 valence electrons. The van der Waals surface area contributed by atoms with Crippen molar-refractivity contribution in [1.29, 1.82) is 0 Å². The fourth-order valence-electron chi connectivity index (χ4n) is 1.59. The zero-order valence-corrected chi connectivity index (χ0v) is 10.1. The van der Waals surface area contributed by atoms with Gasteiger partial charge in [0.1, 0.15) is 5.67 Å². The lowest BCUT2D eigenvalue weighted by molar-refractivity contribution is 0.190. The number of halogens is 1. The van der Waals surface area contributed by atoms with Crippen LogP contribution in [0.3, 0.4) is 0 Å². The van der Waals surface area contributed by atoms with Crippen molar-refractivity contribution in [2.45, 2.75) is 12.6 Å². The molecule has 1 rings (SSSR count). The van der Waals surface area contributed by atoms with Crippen molar-refractivity contribution in [3.05, 3.63) is 23.8 Å². The first kappa shape index (κ1) is 12.8. The Kier molecular flexibility index (Phi) is 4.12. The highest BCUT2D eigenvalue weighted by atomic mass is 19.1. The maximum Gasteiger partial charge on any atom is 0.161 e. The van der Waals surface area contributed by atoms with E-state index in [1.54, 1.807) is 32.4 Å². The Bertz CT molecular complexity index is 353. The third kappa shape index (κ3) is 2.64. The van der Waals surface area contributed by atoms with Crippen LogP contribution < -0.4 is 14.8 Å². The Hall–Kier alpha value is -1.29. The van der Waals surface area contributed by atoms with Gasteiger partial charge in [-0.05, 0) is 31.7 Å². The molecule has 1 atom stereocenters. The van der Waals surface area contributed by atoms with Crippen LogP contribution in [0.1, 0.15) is 12.5 Å². The lowest BCUT2D eigenvalue weighted by Crippen LogP contribution is -2.29. The molecule has 0 radical (unpaired) electrons. The van der Waals surface area contributed by atoms with Crippen molar-refractivity contribution >= 4 is 0 Å². The second kappa shape index (κ2) is 5.16. The second-order valence-electron chi connectivity index (χ2n) is 3.80. The SMILES string of the molecule is CNCC(C)(F)c1ccc(OC)c(OC)c1. The Labute approximate surface area is 95.6 Å². The number of hydrogen-bond acceptors (Lipinski definition) is 3. The Morgan fingerprint density at radius 1 is 1.25 bits per heavy atom. The minimum Gasteiger partial charge on any atom is -0.493 e. The monoisotopic (exact) mass is 227 g/mol. The summed E-state index contributed by atoms with van der Waals surface area (Å²) in [5.41, 5.74) is -0.853. The van der Waals surface area contributed by atoms with Gasteiger partial charge >= 0.3 is 0 Å². The van der Waals surface area contributed by atoms with Crippen LogP contribution in [-0.2, 0) is 5.67 Å². The maximum absolute atomic E-state index is 14.2. The summed E-state index contributed by atoms with van der Waals surface area (Å²) in [5.74, 6) is 1.14. The minimum absolute atomic E-state index is 0.252. The third-order valence-corrected chi connectivity index (χ3v) is 2.49. The number of methoxy groups -OCH3 is 2. The molecule has 1 aromatic carbocycles. The summed E-state index contributed by atoms with van der Waals surface area (Å²) >= 11 is 0. The van der Waals surface area contributed by atoms with Crippen LogP contribution in [0.25, 0.3) is 0 Å². The van der Waals surface area contributed by atoms with Crippen molar-refractivity contribution in [2.24, 2.45) is 0 Å². The molecule has 0 aromatic heterocycles. The van der Waals surface area contributed by atoms with E-state index in [4.69, 9.17) is 9.47 Å². The van der Waals surface area contributed by atoms with Gasteiger partial charge in [0.15, 0.2) is 11.5 Å². The van der Waals surface area contributed by atoms with Crippen LogP contribution in [0.4, 0.5) is 4.39 Å². The largest absolute Gasteiger partial charge is 0.493 e. The number of nitrogens with one attached hydrogen (secondary N) is 1. The summed E-state index contributed by atoms with van der Waals surface area (Å²) in [6, 6.07) is 5.08. The number of likely N-dealkylation sites (N-methyl/N-ethyl adjacent to an activating group) is 1. The topological polar surface area (TPSA) is 30.5 Å². The van der Waals surface area contributed by atoms with E-state index in [2.05, 4.69) is 5.32 Å². The predicted octanol–water partition coefficient (Wildman–Crippen LogP) is 2.11. The van der Waals surface area contributed by atoms with Crippen LogP contribution in [0.5, 0.6) is 11.5 Å².